The van der Waals surface area contributed by atoms with E-state index >= 15 is 0 Å². The van der Waals surface area contributed by atoms with Gasteiger partial charge in [-0.25, -0.2) is 0 Å². The van der Waals surface area contributed by atoms with Crippen LogP contribution in [0.15, 0.2) is 18.2 Å². The molecule has 3 rings (SSSR count). The number of carbonyl (C=O) groups is 1. The van der Waals surface area contributed by atoms with Crippen molar-refractivity contribution in [3.63, 3.8) is 0 Å². The number of ether oxygens (including phenoxy) is 2. The maximum absolute atomic E-state index is 13.2. The molecule has 1 aliphatic carbocycles. The predicted molar refractivity (Wildman–Crippen MR) is 96.0 cm³/mol. The first-order chi connectivity index (χ1) is 12.0. The van der Waals surface area contributed by atoms with Crippen molar-refractivity contribution in [3.8, 4) is 0 Å². The number of hydrogen-bond acceptors (Lipinski definition) is 4. The van der Waals surface area contributed by atoms with Gasteiger partial charge in [0.25, 0.3) is 5.91 Å². The van der Waals surface area contributed by atoms with E-state index in [4.69, 9.17) is 26.2 Å². The van der Waals surface area contributed by atoms with Crippen molar-refractivity contribution in [1.82, 2.24) is 4.90 Å². The Labute approximate surface area is 153 Å². The van der Waals surface area contributed by atoms with E-state index in [1.165, 1.54) is 0 Å². The second-order valence-corrected chi connectivity index (χ2v) is 7.42. The number of aliphatic hydroxyl groups is 1. The van der Waals surface area contributed by atoms with Crippen molar-refractivity contribution in [2.75, 3.05) is 26.9 Å². The van der Waals surface area contributed by atoms with Crippen molar-refractivity contribution in [2.45, 2.75) is 50.4 Å². The molecule has 0 radical (unpaired) electrons. The van der Waals surface area contributed by atoms with Crippen LogP contribution in [0, 0.1) is 6.92 Å². The average molecular weight is 368 g/mol. The highest BCUT2D eigenvalue weighted by Gasteiger charge is 2.52. The van der Waals surface area contributed by atoms with Gasteiger partial charge in [0.05, 0.1) is 31.0 Å². The number of aryl methyl sites for hydroxylation is 1. The highest BCUT2D eigenvalue weighted by Crippen LogP contribution is 2.43. The summed E-state index contributed by atoms with van der Waals surface area (Å²) in [6.07, 6.45) is 3.41. The highest BCUT2D eigenvalue weighted by atomic mass is 35.5. The first kappa shape index (κ1) is 18.6. The Morgan fingerprint density at radius 3 is 2.92 bits per heavy atom. The molecule has 1 aromatic rings. The molecule has 2 aliphatic rings. The van der Waals surface area contributed by atoms with Crippen LogP contribution in [0.5, 0.6) is 0 Å². The summed E-state index contributed by atoms with van der Waals surface area (Å²) in [5.41, 5.74) is 1.29. The number of rotatable bonds is 5. The molecule has 138 valence electrons. The highest BCUT2D eigenvalue weighted by molar-refractivity contribution is 6.30. The Bertz CT molecular complexity index is 638. The standard InChI is InChI=1S/C19H26ClNO4/c1-13-11-14(20)3-4-16(13)18(23)21-8-7-19(24-2)6-5-15(12-17(19)21)25-10-9-22/h3-4,11,15,17,22H,5-10,12H2,1-2H3/t15-,17-,19+/m0/s1. The summed E-state index contributed by atoms with van der Waals surface area (Å²) in [6.45, 7) is 2.95. The molecule has 2 fully saturated rings. The third-order valence-corrected chi connectivity index (χ3v) is 5.90. The molecule has 0 aromatic heterocycles. The quantitative estimate of drug-likeness (QED) is 0.869. The van der Waals surface area contributed by atoms with E-state index in [9.17, 15) is 4.79 Å². The third kappa shape index (κ3) is 3.56. The molecule has 0 spiro atoms. The first-order valence-corrected chi connectivity index (χ1v) is 9.23. The van der Waals surface area contributed by atoms with Crippen LogP contribution in [-0.2, 0) is 9.47 Å². The SMILES string of the molecule is CO[C@@]12CC[C@H](OCCO)C[C@@H]1N(C(=O)c1ccc(Cl)cc1C)CC2. The molecule has 1 amide bonds. The number of amides is 1. The Morgan fingerprint density at radius 1 is 1.44 bits per heavy atom. The fourth-order valence-electron chi connectivity index (χ4n) is 4.30. The van der Waals surface area contributed by atoms with E-state index in [2.05, 4.69) is 0 Å². The molecule has 1 aromatic carbocycles. The van der Waals surface area contributed by atoms with Gasteiger partial charge in [-0.15, -0.1) is 0 Å². The molecule has 3 atom stereocenters. The normalized spacial score (nSPS) is 28.9. The summed E-state index contributed by atoms with van der Waals surface area (Å²) in [7, 11) is 1.74. The number of benzene rings is 1. The van der Waals surface area contributed by atoms with E-state index in [0.717, 1.165) is 31.2 Å². The molecular weight excluding hydrogens is 342 g/mol. The second kappa shape index (κ2) is 7.62. The number of fused-ring (bicyclic) bond motifs is 1. The monoisotopic (exact) mass is 367 g/mol. The van der Waals surface area contributed by atoms with Gasteiger partial charge in [-0.1, -0.05) is 11.6 Å². The molecule has 1 aliphatic heterocycles. The number of likely N-dealkylation sites (tertiary alicyclic amines) is 1. The predicted octanol–water partition coefficient (Wildman–Crippen LogP) is 2.81. The van der Waals surface area contributed by atoms with Gasteiger partial charge in [-0.2, -0.15) is 0 Å². The number of nitrogens with zero attached hydrogens (tertiary/aromatic N) is 1. The fraction of sp³-hybridized carbons (Fsp3) is 0.632. The summed E-state index contributed by atoms with van der Waals surface area (Å²) >= 11 is 6.02. The van der Waals surface area contributed by atoms with Gasteiger partial charge in [0.2, 0.25) is 0 Å². The van der Waals surface area contributed by atoms with Crippen LogP contribution in [-0.4, -0.2) is 60.5 Å². The molecule has 1 heterocycles. The minimum atomic E-state index is -0.283. The Kier molecular flexibility index (Phi) is 5.68. The summed E-state index contributed by atoms with van der Waals surface area (Å²) in [6, 6.07) is 5.38. The summed E-state index contributed by atoms with van der Waals surface area (Å²) in [4.78, 5) is 15.1. The number of hydrogen-bond donors (Lipinski definition) is 1. The summed E-state index contributed by atoms with van der Waals surface area (Å²) in [5, 5.41) is 9.63. The van der Waals surface area contributed by atoms with Gasteiger partial charge in [0.1, 0.15) is 0 Å². The molecule has 5 nitrogen and oxygen atoms in total. The Hall–Kier alpha value is -1.14. The van der Waals surface area contributed by atoms with E-state index in [0.29, 0.717) is 23.7 Å². The minimum absolute atomic E-state index is 0.00230. The number of methoxy groups -OCH3 is 1. The van der Waals surface area contributed by atoms with E-state index in [1.54, 1.807) is 19.2 Å². The van der Waals surface area contributed by atoms with Gasteiger partial charge in [0.15, 0.2) is 0 Å². The molecule has 1 saturated carbocycles. The molecule has 6 heteroatoms. The number of carbonyl (C=O) groups excluding carboxylic acids is 1. The van der Waals surface area contributed by atoms with Crippen LogP contribution >= 0.6 is 11.6 Å². The molecule has 1 saturated heterocycles. The maximum Gasteiger partial charge on any atom is 0.254 e. The smallest absolute Gasteiger partial charge is 0.254 e. The lowest BCUT2D eigenvalue weighted by atomic mass is 9.79. The van der Waals surface area contributed by atoms with Gasteiger partial charge in [0, 0.05) is 24.2 Å². The molecule has 0 bridgehead atoms. The van der Waals surface area contributed by atoms with E-state index < -0.39 is 0 Å². The lowest BCUT2D eigenvalue weighted by Crippen LogP contribution is -2.53. The van der Waals surface area contributed by atoms with Crippen LogP contribution in [0.3, 0.4) is 0 Å². The van der Waals surface area contributed by atoms with Crippen LogP contribution in [0.2, 0.25) is 5.02 Å². The minimum Gasteiger partial charge on any atom is -0.394 e. The lowest BCUT2D eigenvalue weighted by Gasteiger charge is -2.43. The molecular formula is C19H26ClNO4. The molecule has 1 N–H and O–H groups in total. The second-order valence-electron chi connectivity index (χ2n) is 6.98. The molecule has 25 heavy (non-hydrogen) atoms. The van der Waals surface area contributed by atoms with E-state index in [-0.39, 0.29) is 30.3 Å². The van der Waals surface area contributed by atoms with E-state index in [1.807, 2.05) is 17.9 Å². The van der Waals surface area contributed by atoms with Crippen molar-refractivity contribution in [1.29, 1.82) is 0 Å². The zero-order valence-corrected chi connectivity index (χ0v) is 15.6. The topological polar surface area (TPSA) is 59.0 Å². The Morgan fingerprint density at radius 2 is 2.24 bits per heavy atom. The largest absolute Gasteiger partial charge is 0.394 e. The summed E-state index contributed by atoms with van der Waals surface area (Å²) < 4.78 is 11.6. The molecule has 0 unspecified atom stereocenters. The summed E-state index contributed by atoms with van der Waals surface area (Å²) in [5.74, 6) is 0.0286. The average Bonchev–Trinajstić information content (AvgIpc) is 2.98. The zero-order valence-electron chi connectivity index (χ0n) is 14.8. The van der Waals surface area contributed by atoms with Gasteiger partial charge < -0.3 is 19.5 Å². The van der Waals surface area contributed by atoms with Gasteiger partial charge in [-0.3, -0.25) is 4.79 Å². The third-order valence-electron chi connectivity index (χ3n) is 5.67. The zero-order chi connectivity index (χ0) is 18.0. The Balaban J connectivity index is 1.82. The lowest BCUT2D eigenvalue weighted by molar-refractivity contribution is -0.0992. The van der Waals surface area contributed by atoms with Gasteiger partial charge in [-0.05, 0) is 56.4 Å². The van der Waals surface area contributed by atoms with Crippen molar-refractivity contribution in [2.24, 2.45) is 0 Å². The van der Waals surface area contributed by atoms with Crippen molar-refractivity contribution >= 4 is 17.5 Å². The maximum atomic E-state index is 13.2. The van der Waals surface area contributed by atoms with Gasteiger partial charge >= 0.3 is 0 Å². The number of halogens is 1. The van der Waals surface area contributed by atoms with Crippen LogP contribution in [0.1, 0.15) is 41.6 Å². The first-order valence-electron chi connectivity index (χ1n) is 8.85. The van der Waals surface area contributed by atoms with Crippen LogP contribution < -0.4 is 0 Å². The fourth-order valence-corrected chi connectivity index (χ4v) is 4.52. The van der Waals surface area contributed by atoms with Crippen molar-refractivity contribution < 1.29 is 19.4 Å². The van der Waals surface area contributed by atoms with Crippen molar-refractivity contribution in [3.05, 3.63) is 34.3 Å². The van der Waals surface area contributed by atoms with Crippen LogP contribution in [0.4, 0.5) is 0 Å². The number of aliphatic hydroxyl groups excluding tert-OH is 1. The van der Waals surface area contributed by atoms with Crippen LogP contribution in [0.25, 0.3) is 0 Å².